The van der Waals surface area contributed by atoms with Gasteiger partial charge in [0.05, 0.1) is 12.8 Å². The summed E-state index contributed by atoms with van der Waals surface area (Å²) in [4.78, 5) is 23.6. The number of ether oxygens (including phenoxy) is 1. The first-order valence-corrected chi connectivity index (χ1v) is 9.05. The van der Waals surface area contributed by atoms with Crippen molar-refractivity contribution in [1.29, 1.82) is 0 Å². The molecule has 0 aliphatic carbocycles. The maximum atomic E-state index is 12.7. The van der Waals surface area contributed by atoms with E-state index in [0.29, 0.717) is 16.5 Å². The molecule has 138 valence electrons. The molecular formula is C19H23ClN4O2. The number of hydrogen-bond donors (Lipinski definition) is 1. The van der Waals surface area contributed by atoms with E-state index in [9.17, 15) is 4.79 Å². The van der Waals surface area contributed by atoms with Gasteiger partial charge in [0.1, 0.15) is 5.75 Å². The first-order valence-electron chi connectivity index (χ1n) is 8.67. The van der Waals surface area contributed by atoms with Crippen molar-refractivity contribution in [3.63, 3.8) is 0 Å². The van der Waals surface area contributed by atoms with Crippen LogP contribution in [0.15, 0.2) is 24.4 Å². The molecule has 1 aliphatic rings. The number of hydrogen-bond acceptors (Lipinski definition) is 5. The number of benzene rings is 1. The number of amides is 1. The van der Waals surface area contributed by atoms with Crippen molar-refractivity contribution in [2.75, 3.05) is 30.4 Å². The number of anilines is 2. The Morgan fingerprint density at radius 1 is 1.31 bits per heavy atom. The molecule has 1 saturated heterocycles. The van der Waals surface area contributed by atoms with Crippen LogP contribution in [-0.4, -0.2) is 36.1 Å². The van der Waals surface area contributed by atoms with E-state index >= 15 is 0 Å². The maximum absolute atomic E-state index is 12.7. The zero-order valence-corrected chi connectivity index (χ0v) is 16.0. The summed E-state index contributed by atoms with van der Waals surface area (Å²) >= 11 is 6.13. The van der Waals surface area contributed by atoms with Crippen LogP contribution in [-0.2, 0) is 4.79 Å². The lowest BCUT2D eigenvalue weighted by molar-refractivity contribution is -0.120. The third-order valence-electron chi connectivity index (χ3n) is 4.67. The average Bonchev–Trinajstić information content (AvgIpc) is 2.64. The molecule has 1 N–H and O–H groups in total. The molecule has 1 aliphatic heterocycles. The van der Waals surface area contributed by atoms with E-state index in [2.05, 4.69) is 20.2 Å². The van der Waals surface area contributed by atoms with Crippen molar-refractivity contribution in [3.8, 4) is 5.75 Å². The van der Waals surface area contributed by atoms with Crippen molar-refractivity contribution in [3.05, 3.63) is 40.7 Å². The highest BCUT2D eigenvalue weighted by Crippen LogP contribution is 2.32. The van der Waals surface area contributed by atoms with Gasteiger partial charge in [0.15, 0.2) is 0 Å². The van der Waals surface area contributed by atoms with Gasteiger partial charge in [0.2, 0.25) is 11.9 Å². The second-order valence-corrected chi connectivity index (χ2v) is 6.96. The molecule has 0 bridgehead atoms. The molecule has 0 unspecified atom stereocenters. The number of carbonyl (C=O) groups is 1. The van der Waals surface area contributed by atoms with E-state index in [4.69, 9.17) is 16.3 Å². The Hall–Kier alpha value is -2.34. The van der Waals surface area contributed by atoms with Gasteiger partial charge in [-0.25, -0.2) is 9.97 Å². The Kier molecular flexibility index (Phi) is 5.61. The van der Waals surface area contributed by atoms with Gasteiger partial charge in [-0.05, 0) is 44.4 Å². The van der Waals surface area contributed by atoms with E-state index in [-0.39, 0.29) is 11.8 Å². The molecule has 1 aromatic heterocycles. The first-order chi connectivity index (χ1) is 12.5. The SMILES string of the molecule is COc1cc(Cl)c(C)cc1NC(=O)C1CCN(c2nccc(C)n2)CC1. The van der Waals surface area contributed by atoms with Crippen LogP contribution in [0.5, 0.6) is 5.75 Å². The standard InChI is InChI=1S/C19H23ClN4O2/c1-12-10-16(17(26-3)11-15(12)20)23-18(25)14-5-8-24(9-6-14)19-21-7-4-13(2)22-19/h4,7,10-11,14H,5-6,8-9H2,1-3H3,(H,23,25). The molecular weight excluding hydrogens is 352 g/mol. The van der Waals surface area contributed by atoms with E-state index in [1.807, 2.05) is 26.0 Å². The number of aromatic nitrogens is 2. The van der Waals surface area contributed by atoms with Gasteiger partial charge >= 0.3 is 0 Å². The van der Waals surface area contributed by atoms with Crippen LogP contribution in [0.2, 0.25) is 5.02 Å². The highest BCUT2D eigenvalue weighted by molar-refractivity contribution is 6.31. The summed E-state index contributed by atoms with van der Waals surface area (Å²) < 4.78 is 5.33. The van der Waals surface area contributed by atoms with Crippen LogP contribution in [0.4, 0.5) is 11.6 Å². The van der Waals surface area contributed by atoms with Gasteiger partial charge in [-0.15, -0.1) is 0 Å². The lowest BCUT2D eigenvalue weighted by Gasteiger charge is -2.31. The molecule has 2 heterocycles. The Morgan fingerprint density at radius 3 is 2.69 bits per heavy atom. The van der Waals surface area contributed by atoms with E-state index < -0.39 is 0 Å². The molecule has 2 aromatic rings. The van der Waals surface area contributed by atoms with Crippen molar-refractivity contribution < 1.29 is 9.53 Å². The molecule has 6 nitrogen and oxygen atoms in total. The lowest BCUT2D eigenvalue weighted by atomic mass is 9.96. The van der Waals surface area contributed by atoms with Gasteiger partial charge in [-0.2, -0.15) is 0 Å². The molecule has 1 amide bonds. The van der Waals surface area contributed by atoms with Gasteiger partial charge in [0.25, 0.3) is 0 Å². The topological polar surface area (TPSA) is 67.3 Å². The van der Waals surface area contributed by atoms with Gasteiger partial charge in [-0.3, -0.25) is 4.79 Å². The smallest absolute Gasteiger partial charge is 0.227 e. The van der Waals surface area contributed by atoms with Gasteiger partial charge < -0.3 is 15.0 Å². The molecule has 1 aromatic carbocycles. The molecule has 1 fully saturated rings. The predicted molar refractivity (Wildman–Crippen MR) is 103 cm³/mol. The zero-order chi connectivity index (χ0) is 18.7. The number of methoxy groups -OCH3 is 1. The Labute approximate surface area is 158 Å². The summed E-state index contributed by atoms with van der Waals surface area (Å²) in [6.07, 6.45) is 3.29. The third kappa shape index (κ3) is 4.07. The maximum Gasteiger partial charge on any atom is 0.227 e. The zero-order valence-electron chi connectivity index (χ0n) is 15.3. The quantitative estimate of drug-likeness (QED) is 0.885. The summed E-state index contributed by atoms with van der Waals surface area (Å²) in [5, 5.41) is 3.61. The van der Waals surface area contributed by atoms with Gasteiger partial charge in [0, 0.05) is 42.0 Å². The number of aryl methyl sites for hydroxylation is 2. The number of piperidine rings is 1. The highest BCUT2D eigenvalue weighted by Gasteiger charge is 2.27. The second-order valence-electron chi connectivity index (χ2n) is 6.55. The van der Waals surface area contributed by atoms with Crippen LogP contribution in [0, 0.1) is 19.8 Å². The molecule has 3 rings (SSSR count). The molecule has 7 heteroatoms. The summed E-state index contributed by atoms with van der Waals surface area (Å²) in [5.41, 5.74) is 2.50. The highest BCUT2D eigenvalue weighted by atomic mass is 35.5. The Morgan fingerprint density at radius 2 is 2.04 bits per heavy atom. The fourth-order valence-electron chi connectivity index (χ4n) is 3.09. The van der Waals surface area contributed by atoms with E-state index in [0.717, 1.165) is 43.1 Å². The fraction of sp³-hybridized carbons (Fsp3) is 0.421. The van der Waals surface area contributed by atoms with Crippen LogP contribution in [0.25, 0.3) is 0 Å². The van der Waals surface area contributed by atoms with Crippen molar-refractivity contribution in [2.24, 2.45) is 5.92 Å². The van der Waals surface area contributed by atoms with Crippen LogP contribution < -0.4 is 15.0 Å². The average molecular weight is 375 g/mol. The normalized spacial score (nSPS) is 15.0. The summed E-state index contributed by atoms with van der Waals surface area (Å²) in [7, 11) is 1.57. The fourth-order valence-corrected chi connectivity index (χ4v) is 3.25. The van der Waals surface area contributed by atoms with Crippen molar-refractivity contribution >= 4 is 29.1 Å². The minimum Gasteiger partial charge on any atom is -0.495 e. The third-order valence-corrected chi connectivity index (χ3v) is 5.08. The Balaban J connectivity index is 1.63. The van der Waals surface area contributed by atoms with E-state index in [1.54, 1.807) is 19.4 Å². The number of nitrogens with one attached hydrogen (secondary N) is 1. The molecule has 0 spiro atoms. The monoisotopic (exact) mass is 374 g/mol. The number of rotatable bonds is 4. The summed E-state index contributed by atoms with van der Waals surface area (Å²) in [6, 6.07) is 5.45. The van der Waals surface area contributed by atoms with E-state index in [1.165, 1.54) is 0 Å². The van der Waals surface area contributed by atoms with Crippen molar-refractivity contribution in [1.82, 2.24) is 9.97 Å². The molecule has 0 atom stereocenters. The second kappa shape index (κ2) is 7.91. The van der Waals surface area contributed by atoms with Crippen molar-refractivity contribution in [2.45, 2.75) is 26.7 Å². The summed E-state index contributed by atoms with van der Waals surface area (Å²) in [6.45, 7) is 5.38. The lowest BCUT2D eigenvalue weighted by Crippen LogP contribution is -2.39. The van der Waals surface area contributed by atoms with Crippen LogP contribution in [0.3, 0.4) is 0 Å². The van der Waals surface area contributed by atoms with Crippen LogP contribution >= 0.6 is 11.6 Å². The Bertz CT molecular complexity index is 804. The number of carbonyl (C=O) groups excluding carboxylic acids is 1. The van der Waals surface area contributed by atoms with Gasteiger partial charge in [-0.1, -0.05) is 11.6 Å². The number of nitrogens with zero attached hydrogens (tertiary/aromatic N) is 3. The molecule has 26 heavy (non-hydrogen) atoms. The largest absolute Gasteiger partial charge is 0.495 e. The predicted octanol–water partition coefficient (Wildman–Crippen LogP) is 3.61. The summed E-state index contributed by atoms with van der Waals surface area (Å²) in [5.74, 6) is 1.27. The minimum atomic E-state index is -0.0447. The first kappa shape index (κ1) is 18.5. The molecule has 0 radical (unpaired) electrons. The molecule has 0 saturated carbocycles. The minimum absolute atomic E-state index is 0.00910. The number of halogens is 1. The van der Waals surface area contributed by atoms with Crippen LogP contribution in [0.1, 0.15) is 24.1 Å².